The molecule has 0 aliphatic carbocycles. The highest BCUT2D eigenvalue weighted by Gasteiger charge is 1.98. The molecule has 0 amide bonds. The second-order valence-electron chi connectivity index (χ2n) is 4.48. The summed E-state index contributed by atoms with van der Waals surface area (Å²) in [6.07, 6.45) is 1.97. The molecular weight excluding hydrogens is 359 g/mol. The van der Waals surface area contributed by atoms with Crippen molar-refractivity contribution in [2.24, 2.45) is 16.6 Å². The summed E-state index contributed by atoms with van der Waals surface area (Å²) >= 11 is 1.68. The normalized spacial score (nSPS) is 11.4. The van der Waals surface area contributed by atoms with Crippen molar-refractivity contribution in [2.75, 3.05) is 13.1 Å². The fourth-order valence-corrected chi connectivity index (χ4v) is 1.99. The van der Waals surface area contributed by atoms with Gasteiger partial charge in [-0.3, -0.25) is 4.99 Å². The minimum absolute atomic E-state index is 0. The van der Waals surface area contributed by atoms with Gasteiger partial charge in [-0.15, -0.1) is 35.3 Å². The van der Waals surface area contributed by atoms with Gasteiger partial charge < -0.3 is 11.1 Å². The largest absolute Gasteiger partial charge is 0.370 e. The van der Waals surface area contributed by atoms with E-state index in [0.717, 1.165) is 36.6 Å². The molecule has 0 atom stereocenters. The van der Waals surface area contributed by atoms with E-state index in [1.807, 2.05) is 6.92 Å². The minimum atomic E-state index is 0. The van der Waals surface area contributed by atoms with Crippen LogP contribution in [0.4, 0.5) is 0 Å². The Bertz CT molecular complexity index is 363. The Morgan fingerprint density at radius 1 is 1.56 bits per heavy atom. The maximum Gasteiger partial charge on any atom is 0.188 e. The molecule has 0 saturated carbocycles. The van der Waals surface area contributed by atoms with Crippen molar-refractivity contribution in [1.29, 1.82) is 0 Å². The number of hydrogen-bond acceptors (Lipinski definition) is 3. The number of guanidine groups is 1. The van der Waals surface area contributed by atoms with Gasteiger partial charge in [0.25, 0.3) is 0 Å². The zero-order valence-corrected chi connectivity index (χ0v) is 14.4. The van der Waals surface area contributed by atoms with Crippen LogP contribution in [-0.4, -0.2) is 24.0 Å². The summed E-state index contributed by atoms with van der Waals surface area (Å²) in [5.41, 5.74) is 6.87. The fourth-order valence-electron chi connectivity index (χ4n) is 1.34. The molecule has 6 heteroatoms. The molecule has 1 aromatic heterocycles. The van der Waals surface area contributed by atoms with Crippen LogP contribution in [-0.2, 0) is 6.42 Å². The van der Waals surface area contributed by atoms with E-state index >= 15 is 0 Å². The molecule has 1 rings (SSSR count). The van der Waals surface area contributed by atoms with Crippen LogP contribution >= 0.6 is 35.3 Å². The zero-order valence-electron chi connectivity index (χ0n) is 11.3. The van der Waals surface area contributed by atoms with Crippen LogP contribution in [0.15, 0.2) is 10.4 Å². The summed E-state index contributed by atoms with van der Waals surface area (Å²) in [6.45, 7) is 7.98. The number of nitrogens with zero attached hydrogens (tertiary/aromatic N) is 2. The second-order valence-corrected chi connectivity index (χ2v) is 5.55. The van der Waals surface area contributed by atoms with Gasteiger partial charge in [0.15, 0.2) is 5.96 Å². The minimum Gasteiger partial charge on any atom is -0.370 e. The summed E-state index contributed by atoms with van der Waals surface area (Å²) in [5, 5.41) is 6.30. The van der Waals surface area contributed by atoms with Crippen molar-refractivity contribution >= 4 is 41.3 Å². The lowest BCUT2D eigenvalue weighted by molar-refractivity contribution is 0.595. The lowest BCUT2D eigenvalue weighted by Crippen LogP contribution is -2.33. The van der Waals surface area contributed by atoms with E-state index in [9.17, 15) is 0 Å². The Balaban J connectivity index is 0.00000289. The van der Waals surface area contributed by atoms with E-state index in [1.54, 1.807) is 11.3 Å². The first-order valence-electron chi connectivity index (χ1n) is 6.02. The van der Waals surface area contributed by atoms with Crippen LogP contribution in [0.3, 0.4) is 0 Å². The quantitative estimate of drug-likeness (QED) is 0.452. The van der Waals surface area contributed by atoms with E-state index in [0.29, 0.717) is 11.9 Å². The molecule has 0 aliphatic rings. The van der Waals surface area contributed by atoms with Crippen molar-refractivity contribution in [3.05, 3.63) is 16.1 Å². The molecule has 0 bridgehead atoms. The summed E-state index contributed by atoms with van der Waals surface area (Å²) in [5.74, 6) is 1.21. The SMILES string of the molecule is Cc1nc(CCNC(N)=NCCC(C)C)cs1.I. The summed E-state index contributed by atoms with van der Waals surface area (Å²) in [7, 11) is 0. The van der Waals surface area contributed by atoms with Gasteiger partial charge in [0.2, 0.25) is 0 Å². The summed E-state index contributed by atoms with van der Waals surface area (Å²) in [6, 6.07) is 0. The first kappa shape index (κ1) is 17.6. The van der Waals surface area contributed by atoms with Crippen LogP contribution < -0.4 is 11.1 Å². The van der Waals surface area contributed by atoms with E-state index in [1.165, 1.54) is 0 Å². The van der Waals surface area contributed by atoms with E-state index in [2.05, 4.69) is 34.5 Å². The number of nitrogens with two attached hydrogens (primary N) is 1. The maximum absolute atomic E-state index is 5.75. The van der Waals surface area contributed by atoms with Crippen molar-refractivity contribution < 1.29 is 0 Å². The number of aryl methyl sites for hydroxylation is 1. The third-order valence-electron chi connectivity index (χ3n) is 2.34. The van der Waals surface area contributed by atoms with Gasteiger partial charge in [-0.25, -0.2) is 4.98 Å². The molecule has 0 aromatic carbocycles. The van der Waals surface area contributed by atoms with Crippen molar-refractivity contribution in [1.82, 2.24) is 10.3 Å². The molecule has 0 unspecified atom stereocenters. The predicted molar refractivity (Wildman–Crippen MR) is 89.9 cm³/mol. The zero-order chi connectivity index (χ0) is 12.7. The number of aliphatic imine (C=N–C) groups is 1. The summed E-state index contributed by atoms with van der Waals surface area (Å²) in [4.78, 5) is 8.66. The van der Waals surface area contributed by atoms with Crippen LogP contribution in [0.2, 0.25) is 0 Å². The highest BCUT2D eigenvalue weighted by atomic mass is 127. The molecule has 0 saturated heterocycles. The van der Waals surface area contributed by atoms with Crippen molar-refractivity contribution in [3.8, 4) is 0 Å². The van der Waals surface area contributed by atoms with Crippen LogP contribution in [0.25, 0.3) is 0 Å². The molecule has 0 aliphatic heterocycles. The topological polar surface area (TPSA) is 63.3 Å². The van der Waals surface area contributed by atoms with Gasteiger partial charge in [-0.1, -0.05) is 13.8 Å². The van der Waals surface area contributed by atoms with E-state index in [4.69, 9.17) is 5.73 Å². The molecule has 0 fully saturated rings. The van der Waals surface area contributed by atoms with Crippen molar-refractivity contribution in [3.63, 3.8) is 0 Å². The van der Waals surface area contributed by atoms with Crippen molar-refractivity contribution in [2.45, 2.75) is 33.6 Å². The average Bonchev–Trinajstić information content (AvgIpc) is 2.63. The molecular formula is C12H23IN4S. The number of halogens is 1. The Morgan fingerprint density at radius 3 is 2.83 bits per heavy atom. The van der Waals surface area contributed by atoms with Gasteiger partial charge in [0.05, 0.1) is 10.7 Å². The number of rotatable bonds is 6. The molecule has 0 radical (unpaired) electrons. The molecule has 18 heavy (non-hydrogen) atoms. The van der Waals surface area contributed by atoms with Gasteiger partial charge in [0.1, 0.15) is 0 Å². The second kappa shape index (κ2) is 9.55. The monoisotopic (exact) mass is 382 g/mol. The Morgan fingerprint density at radius 2 is 2.28 bits per heavy atom. The molecule has 4 nitrogen and oxygen atoms in total. The molecule has 104 valence electrons. The first-order valence-corrected chi connectivity index (χ1v) is 6.90. The van der Waals surface area contributed by atoms with Crippen LogP contribution in [0.1, 0.15) is 31.0 Å². The van der Waals surface area contributed by atoms with E-state index in [-0.39, 0.29) is 24.0 Å². The highest BCUT2D eigenvalue weighted by molar-refractivity contribution is 14.0. The summed E-state index contributed by atoms with van der Waals surface area (Å²) < 4.78 is 0. The van der Waals surface area contributed by atoms with Gasteiger partial charge in [-0.05, 0) is 19.3 Å². The fraction of sp³-hybridized carbons (Fsp3) is 0.667. The molecule has 1 heterocycles. The van der Waals surface area contributed by atoms with E-state index < -0.39 is 0 Å². The predicted octanol–water partition coefficient (Wildman–Crippen LogP) is 2.56. The van der Waals surface area contributed by atoms with Gasteiger partial charge in [0, 0.05) is 24.9 Å². The maximum atomic E-state index is 5.75. The lowest BCUT2D eigenvalue weighted by Gasteiger charge is -2.05. The Labute approximate surface area is 131 Å². The van der Waals surface area contributed by atoms with Gasteiger partial charge >= 0.3 is 0 Å². The molecule has 0 spiro atoms. The smallest absolute Gasteiger partial charge is 0.188 e. The number of hydrogen-bond donors (Lipinski definition) is 2. The number of nitrogens with one attached hydrogen (secondary N) is 1. The lowest BCUT2D eigenvalue weighted by atomic mass is 10.1. The standard InChI is InChI=1S/C12H22N4S.HI/c1-9(2)4-6-14-12(13)15-7-5-11-8-17-10(3)16-11;/h8-9H,4-7H2,1-3H3,(H3,13,14,15);1H. The van der Waals surface area contributed by atoms with Crippen LogP contribution in [0.5, 0.6) is 0 Å². The molecule has 1 aromatic rings. The number of thiazole rings is 1. The first-order chi connectivity index (χ1) is 8.08. The highest BCUT2D eigenvalue weighted by Crippen LogP contribution is 2.07. The third-order valence-corrected chi connectivity index (χ3v) is 3.16. The number of aromatic nitrogens is 1. The average molecular weight is 382 g/mol. The van der Waals surface area contributed by atoms with Crippen LogP contribution in [0, 0.1) is 12.8 Å². The third kappa shape index (κ3) is 7.86. The Kier molecular flexibility index (Phi) is 9.35. The Hall–Kier alpha value is -0.370. The molecule has 3 N–H and O–H groups in total. The van der Waals surface area contributed by atoms with Gasteiger partial charge in [-0.2, -0.15) is 0 Å².